The number of hydrogen-bond donors (Lipinski definition) is 2. The average Bonchev–Trinajstić information content (AvgIpc) is 2.81. The third-order valence-electron chi connectivity index (χ3n) is 3.04. The first kappa shape index (κ1) is 14.2. The van der Waals surface area contributed by atoms with Crippen LogP contribution >= 0.6 is 0 Å². The first-order valence-electron chi connectivity index (χ1n) is 5.94. The first-order valence-corrected chi connectivity index (χ1v) is 5.94. The number of anilines is 1. The fourth-order valence-electron chi connectivity index (χ4n) is 2.04. The normalized spacial score (nSPS) is 12.0. The number of aromatic amines is 1. The van der Waals surface area contributed by atoms with Crippen molar-refractivity contribution in [3.8, 4) is 11.4 Å². The van der Waals surface area contributed by atoms with Crippen molar-refractivity contribution in [2.24, 2.45) is 0 Å². The Morgan fingerprint density at radius 2 is 1.73 bits per heavy atom. The van der Waals surface area contributed by atoms with E-state index in [2.05, 4.69) is 15.2 Å². The summed E-state index contributed by atoms with van der Waals surface area (Å²) < 4.78 is 64.9. The maximum atomic E-state index is 13.3. The van der Waals surface area contributed by atoms with Crippen LogP contribution < -0.4 is 5.73 Å². The number of halogens is 5. The number of hydrogen-bond acceptors (Lipinski definition) is 3. The van der Waals surface area contributed by atoms with Gasteiger partial charge in [-0.2, -0.15) is 18.3 Å². The van der Waals surface area contributed by atoms with Crippen molar-refractivity contribution in [2.45, 2.75) is 6.18 Å². The van der Waals surface area contributed by atoms with Gasteiger partial charge in [-0.3, -0.25) is 5.10 Å². The zero-order valence-electron chi connectivity index (χ0n) is 10.7. The third-order valence-corrected chi connectivity index (χ3v) is 3.04. The summed E-state index contributed by atoms with van der Waals surface area (Å²) >= 11 is 0. The second kappa shape index (κ2) is 4.65. The monoisotopic (exact) mass is 314 g/mol. The minimum absolute atomic E-state index is 0.0283. The molecule has 1 aromatic carbocycles. The van der Waals surface area contributed by atoms with Crippen molar-refractivity contribution < 1.29 is 22.0 Å². The van der Waals surface area contributed by atoms with Crippen LogP contribution in [0.15, 0.2) is 24.3 Å². The lowest BCUT2D eigenvalue weighted by molar-refractivity contribution is -0.140. The lowest BCUT2D eigenvalue weighted by Gasteiger charge is -2.09. The molecule has 0 unspecified atom stereocenters. The topological polar surface area (TPSA) is 67.6 Å². The number of aromatic nitrogens is 3. The molecule has 22 heavy (non-hydrogen) atoms. The smallest absolute Gasteiger partial charge is 0.397 e. The zero-order chi connectivity index (χ0) is 16.1. The number of nitrogens with one attached hydrogen (secondary N) is 1. The molecule has 0 fully saturated rings. The molecule has 3 aromatic rings. The van der Waals surface area contributed by atoms with Gasteiger partial charge in [0.05, 0.1) is 16.9 Å². The Kier molecular flexibility index (Phi) is 3.01. The molecule has 0 amide bonds. The molecule has 2 heterocycles. The maximum absolute atomic E-state index is 13.3. The maximum Gasteiger partial charge on any atom is 0.435 e. The van der Waals surface area contributed by atoms with Crippen molar-refractivity contribution in [1.29, 1.82) is 0 Å². The number of rotatable bonds is 1. The van der Waals surface area contributed by atoms with E-state index in [1.165, 1.54) is 6.07 Å². The summed E-state index contributed by atoms with van der Waals surface area (Å²) in [5.41, 5.74) is 3.43. The first-order chi connectivity index (χ1) is 10.3. The molecule has 0 radical (unpaired) electrons. The third kappa shape index (κ3) is 2.24. The largest absolute Gasteiger partial charge is 0.435 e. The van der Waals surface area contributed by atoms with Crippen molar-refractivity contribution in [1.82, 2.24) is 15.2 Å². The van der Waals surface area contributed by atoms with Gasteiger partial charge in [0.15, 0.2) is 17.3 Å². The van der Waals surface area contributed by atoms with E-state index in [-0.39, 0.29) is 22.3 Å². The Bertz CT molecular complexity index is 869. The van der Waals surface area contributed by atoms with E-state index < -0.39 is 29.2 Å². The van der Waals surface area contributed by atoms with Crippen molar-refractivity contribution in [3.63, 3.8) is 0 Å². The van der Waals surface area contributed by atoms with Gasteiger partial charge >= 0.3 is 6.18 Å². The van der Waals surface area contributed by atoms with Crippen molar-refractivity contribution in [2.75, 3.05) is 5.73 Å². The van der Waals surface area contributed by atoms with E-state index in [1.54, 1.807) is 0 Å². The zero-order valence-corrected chi connectivity index (χ0v) is 10.7. The van der Waals surface area contributed by atoms with Gasteiger partial charge in [-0.25, -0.2) is 13.8 Å². The van der Waals surface area contributed by atoms with Crippen LogP contribution in [0.4, 0.5) is 27.6 Å². The number of alkyl halides is 3. The predicted octanol–water partition coefficient (Wildman–Crippen LogP) is 3.50. The molecule has 3 rings (SSSR count). The molecular weight excluding hydrogens is 307 g/mol. The predicted molar refractivity (Wildman–Crippen MR) is 68.7 cm³/mol. The molecule has 0 saturated heterocycles. The summed E-state index contributed by atoms with van der Waals surface area (Å²) in [5.74, 6) is -2.23. The molecule has 0 saturated carbocycles. The molecule has 2 aromatic heterocycles. The molecule has 114 valence electrons. The van der Waals surface area contributed by atoms with Crippen LogP contribution in [-0.4, -0.2) is 15.2 Å². The Labute approximate surface area is 119 Å². The molecular formula is C13H7F5N4. The Morgan fingerprint density at radius 3 is 2.41 bits per heavy atom. The summed E-state index contributed by atoms with van der Waals surface area (Å²) in [6, 6.07) is 3.96. The number of benzene rings is 1. The van der Waals surface area contributed by atoms with Crippen LogP contribution in [0.3, 0.4) is 0 Å². The minimum atomic E-state index is -4.73. The van der Waals surface area contributed by atoms with Crippen molar-refractivity contribution >= 4 is 16.6 Å². The fraction of sp³-hybridized carbons (Fsp3) is 0.0769. The molecule has 0 bridgehead atoms. The quantitative estimate of drug-likeness (QED) is 0.676. The average molecular weight is 314 g/mol. The van der Waals surface area contributed by atoms with E-state index in [0.29, 0.717) is 0 Å². The molecule has 0 aliphatic carbocycles. The molecule has 0 spiro atoms. The second-order valence-corrected chi connectivity index (χ2v) is 4.52. The summed E-state index contributed by atoms with van der Waals surface area (Å²) in [7, 11) is 0. The second-order valence-electron chi connectivity index (χ2n) is 4.52. The SMILES string of the molecule is Nc1ccc(-c2n[nH]c3cc(F)c(F)cc23)nc1C(F)(F)F. The fourth-order valence-corrected chi connectivity index (χ4v) is 2.04. The van der Waals surface area contributed by atoms with Gasteiger partial charge in [0.1, 0.15) is 5.69 Å². The molecule has 0 atom stereocenters. The number of fused-ring (bicyclic) bond motifs is 1. The van der Waals surface area contributed by atoms with E-state index in [9.17, 15) is 22.0 Å². The highest BCUT2D eigenvalue weighted by molar-refractivity contribution is 5.92. The van der Waals surface area contributed by atoms with Gasteiger partial charge in [-0.15, -0.1) is 0 Å². The Morgan fingerprint density at radius 1 is 1.05 bits per heavy atom. The molecule has 0 aliphatic rings. The highest BCUT2D eigenvalue weighted by Gasteiger charge is 2.35. The molecule has 0 aliphatic heterocycles. The summed E-state index contributed by atoms with van der Waals surface area (Å²) in [4.78, 5) is 3.44. The van der Waals surface area contributed by atoms with Gasteiger partial charge in [0.2, 0.25) is 0 Å². The van der Waals surface area contributed by atoms with Crippen LogP contribution in [0.25, 0.3) is 22.3 Å². The van der Waals surface area contributed by atoms with Crippen LogP contribution in [0, 0.1) is 11.6 Å². The highest BCUT2D eigenvalue weighted by Crippen LogP contribution is 2.34. The van der Waals surface area contributed by atoms with Crippen LogP contribution in [0.5, 0.6) is 0 Å². The lowest BCUT2D eigenvalue weighted by Crippen LogP contribution is -2.12. The molecule has 3 N–H and O–H groups in total. The van der Waals surface area contributed by atoms with Gasteiger partial charge in [0, 0.05) is 11.5 Å². The van der Waals surface area contributed by atoms with Gasteiger partial charge < -0.3 is 5.73 Å². The van der Waals surface area contributed by atoms with Crippen LogP contribution in [0.2, 0.25) is 0 Å². The van der Waals surface area contributed by atoms with Crippen LogP contribution in [0.1, 0.15) is 5.69 Å². The summed E-state index contributed by atoms with van der Waals surface area (Å²) in [6.45, 7) is 0. The number of nitrogen functional groups attached to an aromatic ring is 1. The summed E-state index contributed by atoms with van der Waals surface area (Å²) in [5, 5.41) is 6.31. The number of nitrogens with zero attached hydrogens (tertiary/aromatic N) is 2. The Balaban J connectivity index is 2.22. The van der Waals surface area contributed by atoms with Gasteiger partial charge in [-0.1, -0.05) is 0 Å². The molecule has 4 nitrogen and oxygen atoms in total. The van der Waals surface area contributed by atoms with Gasteiger partial charge in [-0.05, 0) is 18.2 Å². The van der Waals surface area contributed by atoms with Crippen LogP contribution in [-0.2, 0) is 6.18 Å². The van der Waals surface area contributed by atoms with E-state index in [0.717, 1.165) is 18.2 Å². The lowest BCUT2D eigenvalue weighted by atomic mass is 10.1. The van der Waals surface area contributed by atoms with E-state index in [1.807, 2.05) is 0 Å². The minimum Gasteiger partial charge on any atom is -0.397 e. The summed E-state index contributed by atoms with van der Waals surface area (Å²) in [6.07, 6.45) is -4.73. The Hall–Kier alpha value is -2.71. The van der Waals surface area contributed by atoms with Gasteiger partial charge in [0.25, 0.3) is 0 Å². The highest BCUT2D eigenvalue weighted by atomic mass is 19.4. The number of pyridine rings is 1. The van der Waals surface area contributed by atoms with Crippen molar-refractivity contribution in [3.05, 3.63) is 41.6 Å². The standard InChI is InChI=1S/C13H7F5N4/c14-6-3-5-10(4-7(6)15)21-22-11(5)9-2-1-8(19)12(20-9)13(16,17)18/h1-4H,19H2,(H,21,22). The molecule has 9 heteroatoms. The van der Waals surface area contributed by atoms with E-state index in [4.69, 9.17) is 5.73 Å². The number of H-pyrrole nitrogens is 1. The van der Waals surface area contributed by atoms with E-state index >= 15 is 0 Å². The number of nitrogens with two attached hydrogens (primary N) is 1.